The number of rotatable bonds is 11. The second-order valence-electron chi connectivity index (χ2n) is 20.2. The second kappa shape index (κ2) is 23.1. The minimum Gasteiger partial charge on any atom is -0.507 e. The van der Waals surface area contributed by atoms with Crippen LogP contribution >= 0.6 is 0 Å². The van der Waals surface area contributed by atoms with Crippen LogP contribution in [-0.4, -0.2) is 32.4 Å². The molecular weight excluding hydrogens is 837 g/mol. The van der Waals surface area contributed by atoms with E-state index in [0.717, 1.165) is 89.5 Å². The molecule has 4 aliphatic carbocycles. The highest BCUT2D eigenvalue weighted by Gasteiger charge is 2.27. The summed E-state index contributed by atoms with van der Waals surface area (Å²) in [5, 5.41) is 24.5. The van der Waals surface area contributed by atoms with E-state index in [4.69, 9.17) is 9.47 Å². The highest BCUT2D eigenvalue weighted by atomic mass is 16.5. The van der Waals surface area contributed by atoms with E-state index >= 15 is 0 Å². The van der Waals surface area contributed by atoms with Crippen LogP contribution in [0.5, 0.6) is 23.0 Å². The molecule has 1 fully saturated rings. The van der Waals surface area contributed by atoms with Crippen LogP contribution in [0.4, 0.5) is 0 Å². The monoisotopic (exact) mass is 913 g/mol. The molecule has 0 amide bonds. The number of fused-ring (bicyclic) bond motifs is 3. The Balaban J connectivity index is 0.00000308. The molecule has 1 saturated carbocycles. The fourth-order valence-corrected chi connectivity index (χ4v) is 11.8. The van der Waals surface area contributed by atoms with Gasteiger partial charge in [0.2, 0.25) is 0 Å². The van der Waals surface area contributed by atoms with Gasteiger partial charge in [0.1, 0.15) is 23.0 Å². The van der Waals surface area contributed by atoms with Crippen molar-refractivity contribution in [2.24, 2.45) is 0 Å². The first-order valence-corrected chi connectivity index (χ1v) is 26.2. The Bertz CT molecular complexity index is 2580. The van der Waals surface area contributed by atoms with E-state index in [1.165, 1.54) is 123 Å². The molecule has 0 aliphatic heterocycles. The van der Waals surface area contributed by atoms with Gasteiger partial charge in [-0.2, -0.15) is 0 Å². The van der Waals surface area contributed by atoms with Crippen LogP contribution in [0.3, 0.4) is 0 Å². The van der Waals surface area contributed by atoms with Crippen molar-refractivity contribution in [3.05, 3.63) is 142 Å². The third-order valence-electron chi connectivity index (χ3n) is 15.0. The maximum atomic E-state index is 12.4. The zero-order valence-corrected chi connectivity index (χ0v) is 41.7. The molecule has 9 rings (SSSR count). The van der Waals surface area contributed by atoms with Crippen LogP contribution in [0.25, 0.3) is 33.4 Å². The van der Waals surface area contributed by atoms with E-state index in [9.17, 15) is 10.2 Å². The van der Waals surface area contributed by atoms with Gasteiger partial charge in [-0.25, -0.2) is 0 Å². The Morgan fingerprint density at radius 1 is 0.559 bits per heavy atom. The molecule has 2 heterocycles. The SMILES string of the molecule is C=C.Cc1cc(C/C2=C3\CCCC\C3=C\CCCCCC2)c(O)c(-c2cnccc2OC(C)C[C@@H](C)Oc2ccncc2-c2cc(C)cc(-c3c4c(cc5c3CCCCC5)CCCCC4)c2O)c1. The first kappa shape index (κ1) is 48.8. The van der Waals surface area contributed by atoms with Crippen LogP contribution in [-0.2, 0) is 32.1 Å². The fraction of sp³-hybridized carbons (Fsp3) is 0.452. The number of phenols is 2. The number of aromatic hydroxyl groups is 2. The molecule has 4 aliphatic rings. The Morgan fingerprint density at radius 3 is 1.72 bits per heavy atom. The molecule has 6 nitrogen and oxygen atoms in total. The summed E-state index contributed by atoms with van der Waals surface area (Å²) in [7, 11) is 0. The number of aromatic nitrogens is 2. The normalized spacial score (nSPS) is 19.2. The summed E-state index contributed by atoms with van der Waals surface area (Å²) < 4.78 is 13.5. The molecule has 2 N–H and O–H groups in total. The number of ether oxygens (including phenoxy) is 2. The lowest BCUT2D eigenvalue weighted by molar-refractivity contribution is 0.131. The van der Waals surface area contributed by atoms with E-state index in [1.807, 2.05) is 24.5 Å². The number of phenolic OH excluding ortho intramolecular Hbond substituents is 2. The van der Waals surface area contributed by atoms with Gasteiger partial charge in [-0.3, -0.25) is 9.97 Å². The topological polar surface area (TPSA) is 84.7 Å². The number of benzene rings is 3. The summed E-state index contributed by atoms with van der Waals surface area (Å²) in [5.41, 5.74) is 19.0. The molecule has 0 saturated heterocycles. The van der Waals surface area contributed by atoms with Gasteiger partial charge in [0.15, 0.2) is 0 Å². The zero-order valence-electron chi connectivity index (χ0n) is 41.7. The van der Waals surface area contributed by atoms with Crippen LogP contribution < -0.4 is 9.47 Å². The van der Waals surface area contributed by atoms with E-state index in [0.29, 0.717) is 29.4 Å². The molecule has 5 aromatic rings. The average molecular weight is 913 g/mol. The molecule has 2 atom stereocenters. The van der Waals surface area contributed by atoms with Crippen LogP contribution in [0.15, 0.2) is 103 Å². The molecule has 0 radical (unpaired) electrons. The van der Waals surface area contributed by atoms with Gasteiger partial charge in [-0.1, -0.05) is 49.5 Å². The van der Waals surface area contributed by atoms with E-state index in [1.54, 1.807) is 23.5 Å². The van der Waals surface area contributed by atoms with E-state index in [2.05, 4.69) is 87.2 Å². The minimum absolute atomic E-state index is 0.216. The standard InChI is InChI=1S/C60H72N2O4.C2H4/c1-39-30-47(36-44-20-11-7-5-6-10-18-43-19-16-17-23-48(43)44)59(63)51(31-39)54-37-61-28-26-56(54)65-41(3)34-42(4)66-57-27-29-62-38-55(57)52-32-40(2)33-53(60(52)64)58-49-24-14-8-12-21-45(49)35-46-22-13-9-15-25-50(46)58;1-2/h18,26-33,35,37-38,41-42,63-64H,5-17,19-25,34,36H2,1-4H3;1-2H2/b43-18-,48-44+;/t41?,42-;/m1./s1. The summed E-state index contributed by atoms with van der Waals surface area (Å²) in [5.74, 6) is 2.00. The van der Waals surface area contributed by atoms with Gasteiger partial charge in [0.25, 0.3) is 0 Å². The van der Waals surface area contributed by atoms with Crippen LogP contribution in [0, 0.1) is 13.8 Å². The maximum Gasteiger partial charge on any atom is 0.131 e. The Labute approximate surface area is 407 Å². The number of hydrogen-bond acceptors (Lipinski definition) is 6. The number of hydrogen-bond donors (Lipinski definition) is 2. The van der Waals surface area contributed by atoms with Gasteiger partial charge in [-0.05, 0) is 223 Å². The second-order valence-corrected chi connectivity index (χ2v) is 20.2. The number of pyridine rings is 2. The van der Waals surface area contributed by atoms with E-state index in [-0.39, 0.29) is 12.2 Å². The Morgan fingerprint density at radius 2 is 1.07 bits per heavy atom. The van der Waals surface area contributed by atoms with Crippen molar-refractivity contribution in [3.8, 4) is 56.4 Å². The van der Waals surface area contributed by atoms with Crippen molar-refractivity contribution >= 4 is 0 Å². The van der Waals surface area contributed by atoms with Gasteiger partial charge < -0.3 is 19.7 Å². The number of aryl methyl sites for hydroxylation is 4. The van der Waals surface area contributed by atoms with Gasteiger partial charge in [0.05, 0.1) is 12.2 Å². The van der Waals surface area contributed by atoms with Crippen molar-refractivity contribution in [1.29, 1.82) is 0 Å². The lowest BCUT2D eigenvalue weighted by atomic mass is 9.81. The van der Waals surface area contributed by atoms with Crippen molar-refractivity contribution in [2.45, 2.75) is 181 Å². The van der Waals surface area contributed by atoms with Gasteiger partial charge in [0, 0.05) is 59.0 Å². The Hall–Kier alpha value is -5.62. The van der Waals surface area contributed by atoms with Crippen molar-refractivity contribution < 1.29 is 19.7 Å². The number of allylic oxidation sites excluding steroid dienone is 4. The molecule has 0 spiro atoms. The highest BCUT2D eigenvalue weighted by Crippen LogP contribution is 2.48. The third kappa shape index (κ3) is 11.3. The predicted octanol–water partition coefficient (Wildman–Crippen LogP) is 16.2. The van der Waals surface area contributed by atoms with Crippen molar-refractivity contribution in [1.82, 2.24) is 9.97 Å². The summed E-state index contributed by atoms with van der Waals surface area (Å²) >= 11 is 0. The Kier molecular flexibility index (Phi) is 16.6. The molecule has 6 heteroatoms. The van der Waals surface area contributed by atoms with Crippen molar-refractivity contribution in [2.75, 3.05) is 0 Å². The van der Waals surface area contributed by atoms with Crippen molar-refractivity contribution in [3.63, 3.8) is 0 Å². The van der Waals surface area contributed by atoms with Gasteiger partial charge in [-0.15, -0.1) is 13.2 Å². The summed E-state index contributed by atoms with van der Waals surface area (Å²) in [6.07, 6.45) is 34.5. The lowest BCUT2D eigenvalue weighted by Gasteiger charge is -2.25. The quantitative estimate of drug-likeness (QED) is 0.101. The molecule has 358 valence electrons. The molecule has 68 heavy (non-hydrogen) atoms. The van der Waals surface area contributed by atoms with E-state index < -0.39 is 0 Å². The average Bonchev–Trinajstić information content (AvgIpc) is 3.74. The first-order valence-electron chi connectivity index (χ1n) is 26.2. The van der Waals surface area contributed by atoms with Gasteiger partial charge >= 0.3 is 0 Å². The molecule has 3 aromatic carbocycles. The number of nitrogens with zero attached hydrogens (tertiary/aromatic N) is 2. The summed E-state index contributed by atoms with van der Waals surface area (Å²) in [6.45, 7) is 14.4. The minimum atomic E-state index is -0.219. The fourth-order valence-electron chi connectivity index (χ4n) is 11.8. The molecule has 1 unspecified atom stereocenters. The summed E-state index contributed by atoms with van der Waals surface area (Å²) in [4.78, 5) is 9.09. The maximum absolute atomic E-state index is 12.4. The molecule has 2 aromatic heterocycles. The molecular formula is C62H76N2O4. The predicted molar refractivity (Wildman–Crippen MR) is 281 cm³/mol. The third-order valence-corrected chi connectivity index (χ3v) is 15.0. The smallest absolute Gasteiger partial charge is 0.131 e. The van der Waals surface area contributed by atoms with Crippen LogP contribution in [0.1, 0.15) is 162 Å². The largest absolute Gasteiger partial charge is 0.507 e. The summed E-state index contributed by atoms with van der Waals surface area (Å²) in [6, 6.07) is 14.9. The molecule has 0 bridgehead atoms. The zero-order chi connectivity index (χ0) is 47.6. The highest BCUT2D eigenvalue weighted by molar-refractivity contribution is 5.88. The first-order chi connectivity index (χ1) is 33.2. The van der Waals surface area contributed by atoms with Crippen LogP contribution in [0.2, 0.25) is 0 Å². The lowest BCUT2D eigenvalue weighted by Crippen LogP contribution is -2.23.